The van der Waals surface area contributed by atoms with Crippen LogP contribution in [-0.4, -0.2) is 20.9 Å². The molecule has 1 atom stereocenters. The van der Waals surface area contributed by atoms with Gasteiger partial charge in [0.2, 0.25) is 5.60 Å². The van der Waals surface area contributed by atoms with E-state index in [2.05, 4.69) is 16.2 Å². The molecule has 1 fully saturated rings. The van der Waals surface area contributed by atoms with Gasteiger partial charge < -0.3 is 4.74 Å². The SMILES string of the molecule is N#CC(Cn1cncn1)(OC1CCCCC1)c1ccc(Cl)cc1Cl. The van der Waals surface area contributed by atoms with Crippen molar-refractivity contribution in [3.63, 3.8) is 0 Å². The molecule has 24 heavy (non-hydrogen) atoms. The third kappa shape index (κ3) is 3.72. The van der Waals surface area contributed by atoms with Gasteiger partial charge in [0.05, 0.1) is 12.6 Å². The van der Waals surface area contributed by atoms with Gasteiger partial charge in [0.25, 0.3) is 0 Å². The number of hydrogen-bond donors (Lipinski definition) is 0. The number of nitrogens with zero attached hydrogens (tertiary/aromatic N) is 4. The number of rotatable bonds is 5. The Hall–Kier alpha value is -1.61. The molecule has 3 rings (SSSR count). The number of benzene rings is 1. The maximum Gasteiger partial charge on any atom is 0.200 e. The van der Waals surface area contributed by atoms with E-state index < -0.39 is 5.60 Å². The smallest absolute Gasteiger partial charge is 0.200 e. The number of ether oxygens (including phenoxy) is 1. The third-order valence-corrected chi connectivity index (χ3v) is 4.87. The van der Waals surface area contributed by atoms with Crippen molar-refractivity contribution in [3.8, 4) is 6.07 Å². The molecule has 0 spiro atoms. The Morgan fingerprint density at radius 3 is 2.71 bits per heavy atom. The predicted octanol–water partition coefficient (Wildman–Crippen LogP) is 4.35. The molecule has 1 aliphatic rings. The van der Waals surface area contributed by atoms with Gasteiger partial charge in [-0.3, -0.25) is 0 Å². The molecular formula is C17H18Cl2N4O. The summed E-state index contributed by atoms with van der Waals surface area (Å²) in [7, 11) is 0. The highest BCUT2D eigenvalue weighted by atomic mass is 35.5. The summed E-state index contributed by atoms with van der Waals surface area (Å²) < 4.78 is 7.93. The number of nitriles is 1. The molecule has 126 valence electrons. The van der Waals surface area contributed by atoms with Gasteiger partial charge in [-0.15, -0.1) is 0 Å². The van der Waals surface area contributed by atoms with Crippen molar-refractivity contribution in [2.45, 2.75) is 50.4 Å². The summed E-state index contributed by atoms with van der Waals surface area (Å²) in [6, 6.07) is 7.45. The standard InChI is InChI=1S/C17H18Cl2N4O/c18-13-6-7-15(16(19)8-13)17(9-20,10-23-12-21-11-22-23)24-14-4-2-1-3-5-14/h6-8,11-12,14H,1-5,10H2. The first kappa shape index (κ1) is 17.2. The van der Waals surface area contributed by atoms with E-state index in [-0.39, 0.29) is 12.6 Å². The highest BCUT2D eigenvalue weighted by Crippen LogP contribution is 2.37. The van der Waals surface area contributed by atoms with Crippen LogP contribution in [0, 0.1) is 11.3 Å². The van der Waals surface area contributed by atoms with Gasteiger partial charge in [0, 0.05) is 15.6 Å². The van der Waals surface area contributed by atoms with Gasteiger partial charge in [-0.1, -0.05) is 48.5 Å². The van der Waals surface area contributed by atoms with Crippen molar-refractivity contribution in [1.29, 1.82) is 5.26 Å². The maximum absolute atomic E-state index is 10.0. The van der Waals surface area contributed by atoms with Crippen molar-refractivity contribution < 1.29 is 4.74 Å². The Kier molecular flexibility index (Phi) is 5.40. The molecule has 5 nitrogen and oxygen atoms in total. The molecule has 0 N–H and O–H groups in total. The van der Waals surface area contributed by atoms with Crippen LogP contribution in [0.1, 0.15) is 37.7 Å². The predicted molar refractivity (Wildman–Crippen MR) is 91.7 cm³/mol. The van der Waals surface area contributed by atoms with E-state index in [4.69, 9.17) is 27.9 Å². The molecule has 0 aliphatic heterocycles. The fourth-order valence-electron chi connectivity index (χ4n) is 3.13. The van der Waals surface area contributed by atoms with Crippen molar-refractivity contribution in [2.24, 2.45) is 0 Å². The Balaban J connectivity index is 1.99. The second-order valence-corrected chi connectivity index (χ2v) is 6.88. The summed E-state index contributed by atoms with van der Waals surface area (Å²) in [6.45, 7) is 0.224. The molecule has 0 saturated heterocycles. The van der Waals surface area contributed by atoms with Gasteiger partial charge in [0.15, 0.2) is 0 Å². The average molecular weight is 365 g/mol. The topological polar surface area (TPSA) is 63.7 Å². The lowest BCUT2D eigenvalue weighted by molar-refractivity contribution is -0.0868. The number of aromatic nitrogens is 3. The van der Waals surface area contributed by atoms with Crippen LogP contribution in [0.3, 0.4) is 0 Å². The molecule has 7 heteroatoms. The molecular weight excluding hydrogens is 347 g/mol. The summed E-state index contributed by atoms with van der Waals surface area (Å²) in [5.41, 5.74) is -0.616. The zero-order valence-electron chi connectivity index (χ0n) is 13.2. The Morgan fingerprint density at radius 2 is 2.08 bits per heavy atom. The lowest BCUT2D eigenvalue weighted by Gasteiger charge is -2.34. The summed E-state index contributed by atoms with van der Waals surface area (Å²) in [4.78, 5) is 3.95. The van der Waals surface area contributed by atoms with Gasteiger partial charge in [0.1, 0.15) is 18.7 Å². The summed E-state index contributed by atoms with van der Waals surface area (Å²) in [5.74, 6) is 0. The van der Waals surface area contributed by atoms with Gasteiger partial charge in [-0.05, 0) is 25.0 Å². The zero-order chi connectivity index (χ0) is 17.0. The molecule has 1 aromatic heterocycles. The summed E-state index contributed by atoms with van der Waals surface area (Å²) in [5, 5.41) is 15.1. The first-order valence-corrected chi connectivity index (χ1v) is 8.75. The van der Waals surface area contributed by atoms with E-state index >= 15 is 0 Å². The molecule has 0 amide bonds. The lowest BCUT2D eigenvalue weighted by atomic mass is 9.92. The van der Waals surface area contributed by atoms with Gasteiger partial charge in [-0.25, -0.2) is 9.67 Å². The average Bonchev–Trinajstić information content (AvgIpc) is 3.08. The largest absolute Gasteiger partial charge is 0.351 e. The minimum Gasteiger partial charge on any atom is -0.351 e. The summed E-state index contributed by atoms with van der Waals surface area (Å²) >= 11 is 12.4. The second kappa shape index (κ2) is 7.52. The first-order valence-electron chi connectivity index (χ1n) is 8.00. The zero-order valence-corrected chi connectivity index (χ0v) is 14.7. The van der Waals surface area contributed by atoms with E-state index in [9.17, 15) is 5.26 Å². The molecule has 0 bridgehead atoms. The Labute approximate surface area is 151 Å². The molecule has 1 heterocycles. The summed E-state index contributed by atoms with van der Waals surface area (Å²) in [6.07, 6.45) is 8.39. The highest BCUT2D eigenvalue weighted by Gasteiger charge is 2.39. The maximum atomic E-state index is 10.0. The van der Waals surface area contributed by atoms with Crippen LogP contribution >= 0.6 is 23.2 Å². The molecule has 1 saturated carbocycles. The van der Waals surface area contributed by atoms with Crippen LogP contribution < -0.4 is 0 Å². The quantitative estimate of drug-likeness (QED) is 0.790. The number of halogens is 2. The van der Waals surface area contributed by atoms with E-state index in [0.717, 1.165) is 25.7 Å². The first-order chi connectivity index (χ1) is 11.6. The van der Waals surface area contributed by atoms with Crippen molar-refractivity contribution in [1.82, 2.24) is 14.8 Å². The van der Waals surface area contributed by atoms with E-state index in [0.29, 0.717) is 15.6 Å². The van der Waals surface area contributed by atoms with Crippen LogP contribution in [0.25, 0.3) is 0 Å². The fraction of sp³-hybridized carbons (Fsp3) is 0.471. The molecule has 1 aliphatic carbocycles. The third-order valence-electron chi connectivity index (χ3n) is 4.32. The Bertz CT molecular complexity index is 723. The minimum atomic E-state index is -1.22. The highest BCUT2D eigenvalue weighted by molar-refractivity contribution is 6.35. The molecule has 1 aromatic carbocycles. The number of hydrogen-bond acceptors (Lipinski definition) is 4. The van der Waals surface area contributed by atoms with Crippen molar-refractivity contribution in [2.75, 3.05) is 0 Å². The van der Waals surface area contributed by atoms with Gasteiger partial charge in [-0.2, -0.15) is 10.4 Å². The van der Waals surface area contributed by atoms with Crippen LogP contribution in [-0.2, 0) is 16.9 Å². The van der Waals surface area contributed by atoms with Crippen molar-refractivity contribution >= 4 is 23.2 Å². The molecule has 1 unspecified atom stereocenters. The lowest BCUT2D eigenvalue weighted by Crippen LogP contribution is -2.38. The van der Waals surface area contributed by atoms with Gasteiger partial charge >= 0.3 is 0 Å². The second-order valence-electron chi connectivity index (χ2n) is 6.03. The van der Waals surface area contributed by atoms with Crippen LogP contribution in [0.5, 0.6) is 0 Å². The van der Waals surface area contributed by atoms with Crippen LogP contribution in [0.4, 0.5) is 0 Å². The monoisotopic (exact) mass is 364 g/mol. The Morgan fingerprint density at radius 1 is 1.29 bits per heavy atom. The minimum absolute atomic E-state index is 0.0358. The van der Waals surface area contributed by atoms with E-state index in [1.165, 1.54) is 12.7 Å². The van der Waals surface area contributed by atoms with E-state index in [1.807, 2.05) is 0 Å². The normalized spacial score (nSPS) is 18.0. The van der Waals surface area contributed by atoms with Crippen molar-refractivity contribution in [3.05, 3.63) is 46.5 Å². The van der Waals surface area contributed by atoms with Crippen LogP contribution in [0.2, 0.25) is 10.0 Å². The van der Waals surface area contributed by atoms with Crippen LogP contribution in [0.15, 0.2) is 30.9 Å². The fourth-order valence-corrected chi connectivity index (χ4v) is 3.70. The van der Waals surface area contributed by atoms with E-state index in [1.54, 1.807) is 29.2 Å². The molecule has 2 aromatic rings. The molecule has 0 radical (unpaired) electrons.